The summed E-state index contributed by atoms with van der Waals surface area (Å²) in [4.78, 5) is 18.0. The highest BCUT2D eigenvalue weighted by molar-refractivity contribution is 7.10. The Bertz CT molecular complexity index is 883. The van der Waals surface area contributed by atoms with Gasteiger partial charge in [-0.25, -0.2) is 0 Å². The fraction of sp³-hybridized carbons (Fsp3) is 0.200. The number of dihydropyridines is 1. The Morgan fingerprint density at radius 1 is 1.22 bits per heavy atom. The largest absolute Gasteiger partial charge is 0.573 e. The maximum atomic E-state index is 12.5. The molecule has 0 fully saturated rings. The first-order valence-electron chi connectivity index (χ1n) is 8.23. The fourth-order valence-corrected chi connectivity index (χ4v) is 3.24. The zero-order valence-electron chi connectivity index (χ0n) is 14.1. The van der Waals surface area contributed by atoms with Crippen molar-refractivity contribution in [1.29, 1.82) is 0 Å². The van der Waals surface area contributed by atoms with Crippen LogP contribution in [-0.2, 0) is 0 Å². The summed E-state index contributed by atoms with van der Waals surface area (Å²) in [6.45, 7) is 0.411. The molecule has 1 atom stereocenters. The number of rotatable bonds is 6. The molecule has 1 aromatic carbocycles. The third kappa shape index (κ3) is 5.65. The van der Waals surface area contributed by atoms with Gasteiger partial charge in [0.25, 0.3) is 0 Å². The van der Waals surface area contributed by atoms with E-state index in [1.165, 1.54) is 18.2 Å². The van der Waals surface area contributed by atoms with Gasteiger partial charge in [-0.1, -0.05) is 24.3 Å². The fourth-order valence-electron chi connectivity index (χ4n) is 2.62. The van der Waals surface area contributed by atoms with Crippen LogP contribution in [0.2, 0.25) is 0 Å². The summed E-state index contributed by atoms with van der Waals surface area (Å²) in [6.07, 6.45) is 2.78. The Hall–Kier alpha value is -2.67. The molecule has 0 saturated heterocycles. The van der Waals surface area contributed by atoms with Crippen LogP contribution in [0, 0.1) is 5.92 Å². The van der Waals surface area contributed by atoms with Crippen LogP contribution in [0.3, 0.4) is 0 Å². The molecular formula is C20H16F3NO2S. The van der Waals surface area contributed by atoms with Crippen molar-refractivity contribution in [1.82, 2.24) is 0 Å². The van der Waals surface area contributed by atoms with E-state index in [2.05, 4.69) is 9.73 Å². The number of nitrogens with zero attached hydrogens (tertiary/aromatic N) is 1. The molecule has 1 aliphatic heterocycles. The monoisotopic (exact) mass is 391 g/mol. The number of aliphatic imine (C=N–C) groups is 1. The Labute approximate surface area is 158 Å². The number of halogens is 3. The van der Waals surface area contributed by atoms with E-state index in [9.17, 15) is 18.0 Å². The van der Waals surface area contributed by atoms with Crippen molar-refractivity contribution in [2.24, 2.45) is 10.9 Å². The van der Waals surface area contributed by atoms with E-state index < -0.39 is 17.9 Å². The van der Waals surface area contributed by atoms with Crippen LogP contribution in [0.5, 0.6) is 5.75 Å². The number of carbonyl (C=O) groups excluding carboxylic acids is 1. The van der Waals surface area contributed by atoms with Gasteiger partial charge in [-0.2, -0.15) is 0 Å². The molecule has 3 nitrogen and oxygen atoms in total. The molecule has 0 spiro atoms. The molecule has 0 saturated carbocycles. The third-order valence-electron chi connectivity index (χ3n) is 3.87. The lowest BCUT2D eigenvalue weighted by atomic mass is 9.95. The van der Waals surface area contributed by atoms with Crippen molar-refractivity contribution in [2.45, 2.75) is 12.8 Å². The zero-order valence-corrected chi connectivity index (χ0v) is 15.0. The van der Waals surface area contributed by atoms with Gasteiger partial charge in [-0.05, 0) is 41.8 Å². The average Bonchev–Trinajstić information content (AvgIpc) is 3.14. The molecule has 7 heteroatoms. The van der Waals surface area contributed by atoms with E-state index >= 15 is 0 Å². The van der Waals surface area contributed by atoms with Gasteiger partial charge in [0.2, 0.25) is 0 Å². The highest BCUT2D eigenvalue weighted by atomic mass is 32.1. The second kappa shape index (κ2) is 8.35. The van der Waals surface area contributed by atoms with Gasteiger partial charge in [-0.15, -0.1) is 24.5 Å². The normalized spacial score (nSPS) is 17.1. The first-order chi connectivity index (χ1) is 12.9. The second-order valence-corrected chi connectivity index (χ2v) is 6.88. The highest BCUT2D eigenvalue weighted by Crippen LogP contribution is 2.28. The second-order valence-electron chi connectivity index (χ2n) is 5.90. The Kier molecular flexibility index (Phi) is 5.91. The number of allylic oxidation sites excluding steroid dienone is 2. The minimum atomic E-state index is -4.84. The minimum absolute atomic E-state index is 0.0696. The Morgan fingerprint density at radius 3 is 2.70 bits per heavy atom. The number of ketones is 1. The summed E-state index contributed by atoms with van der Waals surface area (Å²) in [6, 6.07) is 9.35. The van der Waals surface area contributed by atoms with Crippen LogP contribution >= 0.6 is 11.3 Å². The number of ether oxygens (including phenoxy) is 1. The molecule has 1 aromatic heterocycles. The number of alkyl halides is 3. The van der Waals surface area contributed by atoms with Crippen molar-refractivity contribution >= 4 is 28.9 Å². The predicted molar refractivity (Wildman–Crippen MR) is 100 cm³/mol. The molecular weight excluding hydrogens is 375 g/mol. The molecule has 0 radical (unpaired) electrons. The number of carbonyl (C=O) groups is 1. The first-order valence-corrected chi connectivity index (χ1v) is 9.11. The smallest absolute Gasteiger partial charge is 0.405 e. The van der Waals surface area contributed by atoms with Crippen molar-refractivity contribution in [3.63, 3.8) is 0 Å². The van der Waals surface area contributed by atoms with Crippen LogP contribution in [-0.4, -0.2) is 24.4 Å². The van der Waals surface area contributed by atoms with Crippen molar-refractivity contribution < 1.29 is 22.7 Å². The highest BCUT2D eigenvalue weighted by Gasteiger charge is 2.33. The van der Waals surface area contributed by atoms with Gasteiger partial charge < -0.3 is 4.74 Å². The van der Waals surface area contributed by atoms with Crippen LogP contribution in [0.15, 0.2) is 65.0 Å². The zero-order chi connectivity index (χ0) is 19.3. The molecule has 140 valence electrons. The van der Waals surface area contributed by atoms with E-state index in [4.69, 9.17) is 0 Å². The maximum absolute atomic E-state index is 12.5. The molecule has 3 rings (SSSR count). The van der Waals surface area contributed by atoms with Gasteiger partial charge in [0.05, 0.1) is 11.3 Å². The van der Waals surface area contributed by atoms with Crippen LogP contribution in [0.1, 0.15) is 21.7 Å². The van der Waals surface area contributed by atoms with Gasteiger partial charge in [0.15, 0.2) is 5.78 Å². The number of thiophene rings is 1. The van der Waals surface area contributed by atoms with Crippen LogP contribution in [0.4, 0.5) is 13.2 Å². The summed E-state index contributed by atoms with van der Waals surface area (Å²) in [7, 11) is 0. The van der Waals surface area contributed by atoms with Gasteiger partial charge >= 0.3 is 6.36 Å². The summed E-state index contributed by atoms with van der Waals surface area (Å²) in [5.41, 5.74) is 0.725. The Morgan fingerprint density at radius 2 is 2.04 bits per heavy atom. The third-order valence-corrected chi connectivity index (χ3v) is 4.71. The Balaban J connectivity index is 1.61. The number of Topliss-reactive ketones (excluding diaryl/α,β-unsaturated/α-hetero) is 1. The first kappa shape index (κ1) is 19.1. The topological polar surface area (TPSA) is 38.7 Å². The van der Waals surface area contributed by atoms with Crippen LogP contribution < -0.4 is 4.74 Å². The van der Waals surface area contributed by atoms with E-state index in [1.807, 2.05) is 41.8 Å². The molecule has 27 heavy (non-hydrogen) atoms. The SMILES string of the molecule is O=C(CC1C=CC(/C=C/c2cccs2)=NC1)c1ccccc1OC(F)(F)F. The summed E-state index contributed by atoms with van der Waals surface area (Å²) >= 11 is 1.62. The van der Waals surface area contributed by atoms with Gasteiger partial charge in [0, 0.05) is 23.8 Å². The minimum Gasteiger partial charge on any atom is -0.405 e. The number of hydrogen-bond donors (Lipinski definition) is 0. The average molecular weight is 391 g/mol. The summed E-state index contributed by atoms with van der Waals surface area (Å²) < 4.78 is 41.4. The number of benzene rings is 1. The molecule has 0 aliphatic carbocycles. The predicted octanol–water partition coefficient (Wildman–Crippen LogP) is 5.56. The standard InChI is InChI=1S/C20H16F3NO2S/c21-20(22,23)26-19-6-2-1-5-17(19)18(25)12-14-7-8-15(24-13-14)9-10-16-4-3-11-27-16/h1-11,14H,12-13H2/b10-9+. The van der Waals surface area contributed by atoms with Gasteiger partial charge in [-0.3, -0.25) is 9.79 Å². The van der Waals surface area contributed by atoms with E-state index in [-0.39, 0.29) is 17.9 Å². The molecule has 0 amide bonds. The molecule has 1 aliphatic rings. The molecule has 2 heterocycles. The molecule has 2 aromatic rings. The lowest BCUT2D eigenvalue weighted by Gasteiger charge is -2.16. The number of hydrogen-bond acceptors (Lipinski definition) is 4. The van der Waals surface area contributed by atoms with E-state index in [0.717, 1.165) is 16.7 Å². The van der Waals surface area contributed by atoms with Crippen molar-refractivity contribution in [3.8, 4) is 5.75 Å². The lowest BCUT2D eigenvalue weighted by molar-refractivity contribution is -0.274. The molecule has 1 unspecified atom stereocenters. The van der Waals surface area contributed by atoms with Gasteiger partial charge in [0.1, 0.15) is 5.75 Å². The van der Waals surface area contributed by atoms with E-state index in [0.29, 0.717) is 6.54 Å². The molecule has 0 bridgehead atoms. The van der Waals surface area contributed by atoms with Crippen LogP contribution in [0.25, 0.3) is 6.08 Å². The quantitative estimate of drug-likeness (QED) is 0.605. The van der Waals surface area contributed by atoms with Crippen molar-refractivity contribution in [3.05, 3.63) is 70.4 Å². The summed E-state index contributed by atoms with van der Waals surface area (Å²) in [5, 5.41) is 1.99. The van der Waals surface area contributed by atoms with E-state index in [1.54, 1.807) is 11.3 Å². The number of para-hydroxylation sites is 1. The maximum Gasteiger partial charge on any atom is 0.573 e. The molecule has 0 N–H and O–H groups in total. The summed E-state index contributed by atoms with van der Waals surface area (Å²) in [5.74, 6) is -1.04. The van der Waals surface area contributed by atoms with Crippen molar-refractivity contribution in [2.75, 3.05) is 6.54 Å². The lowest BCUT2D eigenvalue weighted by Crippen LogP contribution is -2.20.